The molecule has 1 unspecified atom stereocenters. The second kappa shape index (κ2) is 11.1. The molecule has 8 heteroatoms. The number of hydrogen-bond acceptors (Lipinski definition) is 5. The summed E-state index contributed by atoms with van der Waals surface area (Å²) >= 11 is 0. The quantitative estimate of drug-likeness (QED) is 0.376. The van der Waals surface area contributed by atoms with Gasteiger partial charge in [0.1, 0.15) is 11.6 Å². The molecular weight excluding hydrogens is 506 g/mol. The number of carbonyl (C=O) groups excluding carboxylic acids is 3. The van der Waals surface area contributed by atoms with Gasteiger partial charge in [-0.25, -0.2) is 0 Å². The first-order valence-electron chi connectivity index (χ1n) is 14.8. The normalized spacial score (nSPS) is 31.4. The Hall–Kier alpha value is -2.97. The maximum absolute atomic E-state index is 14.7. The summed E-state index contributed by atoms with van der Waals surface area (Å²) in [6.07, 6.45) is 11.7. The van der Waals surface area contributed by atoms with Crippen LogP contribution in [-0.2, 0) is 19.1 Å². The summed E-state index contributed by atoms with van der Waals surface area (Å²) in [5.74, 6) is -1.92. The Kier molecular flexibility index (Phi) is 7.94. The summed E-state index contributed by atoms with van der Waals surface area (Å²) in [5.41, 5.74) is 0.610. The summed E-state index contributed by atoms with van der Waals surface area (Å²) in [4.78, 5) is 48.4. The molecule has 5 atom stereocenters. The number of aryl methyl sites for hydroxylation is 2. The van der Waals surface area contributed by atoms with Gasteiger partial charge in [-0.05, 0) is 51.2 Å². The first-order chi connectivity index (χ1) is 19.2. The van der Waals surface area contributed by atoms with Crippen LogP contribution in [0.2, 0.25) is 0 Å². The van der Waals surface area contributed by atoms with Gasteiger partial charge in [0, 0.05) is 38.5 Å². The van der Waals surface area contributed by atoms with Crippen molar-refractivity contribution >= 4 is 23.4 Å². The highest BCUT2D eigenvalue weighted by Crippen LogP contribution is 2.57. The number of anilines is 1. The minimum atomic E-state index is -1.24. The van der Waals surface area contributed by atoms with Crippen LogP contribution in [0.25, 0.3) is 0 Å². The third-order valence-corrected chi connectivity index (χ3v) is 9.15. The van der Waals surface area contributed by atoms with Crippen molar-refractivity contribution in [2.45, 2.75) is 77.0 Å². The number of nitrogens with zero attached hydrogens (tertiary/aromatic N) is 3. The van der Waals surface area contributed by atoms with E-state index in [4.69, 9.17) is 4.74 Å². The first kappa shape index (κ1) is 28.6. The van der Waals surface area contributed by atoms with Crippen LogP contribution in [0, 0.1) is 25.7 Å². The van der Waals surface area contributed by atoms with Gasteiger partial charge in [-0.2, -0.15) is 0 Å². The lowest BCUT2D eigenvalue weighted by atomic mass is 9.74. The van der Waals surface area contributed by atoms with Gasteiger partial charge in [-0.3, -0.25) is 14.4 Å². The number of ether oxygens (including phenoxy) is 1. The zero-order chi connectivity index (χ0) is 28.7. The van der Waals surface area contributed by atoms with E-state index in [0.717, 1.165) is 36.1 Å². The van der Waals surface area contributed by atoms with Crippen LogP contribution in [-0.4, -0.2) is 82.7 Å². The number of likely N-dealkylation sites (tertiary alicyclic amines) is 1. The lowest BCUT2D eigenvalue weighted by Crippen LogP contribution is -2.56. The lowest BCUT2D eigenvalue weighted by Gasteiger charge is -2.38. The number of hydrogen-bond donors (Lipinski definition) is 1. The van der Waals surface area contributed by atoms with Gasteiger partial charge in [-0.1, -0.05) is 62.3 Å². The van der Waals surface area contributed by atoms with E-state index in [2.05, 4.69) is 0 Å². The molecule has 2 saturated heterocycles. The van der Waals surface area contributed by atoms with Crippen molar-refractivity contribution < 1.29 is 24.2 Å². The number of aliphatic hydroxyl groups is 1. The smallest absolute Gasteiger partial charge is 0.253 e. The third-order valence-electron chi connectivity index (χ3n) is 9.15. The highest BCUT2D eigenvalue weighted by molar-refractivity contribution is 6.06. The van der Waals surface area contributed by atoms with Crippen molar-refractivity contribution in [1.29, 1.82) is 0 Å². The van der Waals surface area contributed by atoms with E-state index < -0.39 is 29.1 Å². The van der Waals surface area contributed by atoms with Crippen molar-refractivity contribution in [3.05, 3.63) is 53.6 Å². The van der Waals surface area contributed by atoms with E-state index in [-0.39, 0.29) is 24.3 Å². The molecule has 0 bridgehead atoms. The van der Waals surface area contributed by atoms with Gasteiger partial charge < -0.3 is 24.5 Å². The van der Waals surface area contributed by atoms with E-state index in [1.165, 1.54) is 0 Å². The molecule has 0 aliphatic carbocycles. The zero-order valence-electron chi connectivity index (χ0n) is 24.3. The number of para-hydroxylation sites is 1. The highest BCUT2D eigenvalue weighted by Gasteiger charge is 2.74. The van der Waals surface area contributed by atoms with Gasteiger partial charge in [0.05, 0.1) is 17.4 Å². The molecule has 216 valence electrons. The minimum Gasteiger partial charge on any atom is -0.396 e. The van der Waals surface area contributed by atoms with Crippen molar-refractivity contribution in [3.63, 3.8) is 0 Å². The van der Waals surface area contributed by atoms with Gasteiger partial charge in [0.2, 0.25) is 11.8 Å². The fourth-order valence-corrected chi connectivity index (χ4v) is 7.46. The Morgan fingerprint density at radius 1 is 0.900 bits per heavy atom. The zero-order valence-corrected chi connectivity index (χ0v) is 24.3. The minimum absolute atomic E-state index is 0.0789. The molecule has 1 spiro atoms. The number of rotatable bonds is 9. The van der Waals surface area contributed by atoms with Crippen LogP contribution in [0.3, 0.4) is 0 Å². The Morgan fingerprint density at radius 2 is 1.60 bits per heavy atom. The number of fused-ring (bicyclic) bond motifs is 2. The second-order valence-corrected chi connectivity index (χ2v) is 11.9. The molecule has 2 fully saturated rings. The van der Waals surface area contributed by atoms with E-state index >= 15 is 0 Å². The molecule has 1 aromatic carbocycles. The van der Waals surface area contributed by atoms with Crippen LogP contribution in [0.5, 0.6) is 0 Å². The molecule has 4 aliphatic heterocycles. The van der Waals surface area contributed by atoms with E-state index in [1.54, 1.807) is 9.80 Å². The second-order valence-electron chi connectivity index (χ2n) is 11.9. The molecule has 0 radical (unpaired) electrons. The molecule has 3 amide bonds. The Morgan fingerprint density at radius 3 is 2.30 bits per heavy atom. The molecule has 4 heterocycles. The van der Waals surface area contributed by atoms with Crippen molar-refractivity contribution in [3.8, 4) is 0 Å². The van der Waals surface area contributed by atoms with Crippen LogP contribution in [0.15, 0.2) is 42.5 Å². The molecule has 5 rings (SSSR count). The van der Waals surface area contributed by atoms with Gasteiger partial charge >= 0.3 is 0 Å². The van der Waals surface area contributed by atoms with Crippen LogP contribution < -0.4 is 4.90 Å². The maximum atomic E-state index is 14.7. The number of aliphatic hydroxyl groups excluding tert-OH is 1. The maximum Gasteiger partial charge on any atom is 0.253 e. The summed E-state index contributed by atoms with van der Waals surface area (Å²) in [6.45, 7) is 9.94. The number of benzene rings is 1. The molecule has 4 aliphatic rings. The molecule has 40 heavy (non-hydrogen) atoms. The topological polar surface area (TPSA) is 90.4 Å². The van der Waals surface area contributed by atoms with Crippen molar-refractivity contribution in [2.24, 2.45) is 11.8 Å². The summed E-state index contributed by atoms with van der Waals surface area (Å²) in [6, 6.07) is 5.11. The number of unbranched alkanes of at least 4 members (excludes halogenated alkanes) is 3. The van der Waals surface area contributed by atoms with Crippen LogP contribution in [0.4, 0.5) is 5.69 Å². The van der Waals surface area contributed by atoms with Gasteiger partial charge in [-0.15, -0.1) is 0 Å². The lowest BCUT2D eigenvalue weighted by molar-refractivity contribution is -0.148. The predicted molar refractivity (Wildman–Crippen MR) is 154 cm³/mol. The van der Waals surface area contributed by atoms with Gasteiger partial charge in [0.15, 0.2) is 0 Å². The van der Waals surface area contributed by atoms with Crippen LogP contribution in [0.1, 0.15) is 57.1 Å². The fraction of sp³-hybridized carbons (Fsp3) is 0.594. The first-order valence-corrected chi connectivity index (χ1v) is 14.8. The average molecular weight is 550 g/mol. The third kappa shape index (κ3) is 4.49. The number of amides is 3. The summed E-state index contributed by atoms with van der Waals surface area (Å²) < 4.78 is 6.92. The summed E-state index contributed by atoms with van der Waals surface area (Å²) in [7, 11) is 0. The van der Waals surface area contributed by atoms with Gasteiger partial charge in [0.25, 0.3) is 5.91 Å². The largest absolute Gasteiger partial charge is 0.396 e. The SMILES string of the molecule is CCCN1CC=C[C@]2(C)O[C@]34C=CCN(c5c(C)cccc5C)C(=O)C3N(CCCCCCO)C(=O)[C@@H]4[C@@H]2C1=O. The Balaban J connectivity index is 1.59. The summed E-state index contributed by atoms with van der Waals surface area (Å²) in [5, 5.41) is 9.19. The number of carbonyl (C=O) groups is 3. The van der Waals surface area contributed by atoms with E-state index in [9.17, 15) is 19.5 Å². The van der Waals surface area contributed by atoms with E-state index in [0.29, 0.717) is 39.0 Å². The Labute approximate surface area is 237 Å². The van der Waals surface area contributed by atoms with Crippen molar-refractivity contribution in [1.82, 2.24) is 9.80 Å². The standard InChI is InChI=1S/C32H43N3O5/c1-5-17-33-18-11-15-31(4)24(28(33)37)25-29(38)35(19-8-6-7-9-21-36)27-30(39)34(20-12-16-32(25,27)40-31)26-22(2)13-10-14-23(26)3/h10-16,24-25,27,36H,5-9,17-21H2,1-4H3/t24-,25+,27?,31+,32+/m1/s1. The predicted octanol–water partition coefficient (Wildman–Crippen LogP) is 3.54. The van der Waals surface area contributed by atoms with Crippen molar-refractivity contribution in [2.75, 3.05) is 37.7 Å². The van der Waals surface area contributed by atoms with Crippen LogP contribution >= 0.6 is 0 Å². The molecule has 8 nitrogen and oxygen atoms in total. The average Bonchev–Trinajstić information content (AvgIpc) is 3.18. The molecule has 1 N–H and O–H groups in total. The highest BCUT2D eigenvalue weighted by atomic mass is 16.5. The van der Waals surface area contributed by atoms with E-state index in [1.807, 2.05) is 75.1 Å². The molecule has 1 aromatic rings. The molecule has 0 aromatic heterocycles. The molecular formula is C32H43N3O5. The monoisotopic (exact) mass is 549 g/mol. The Bertz CT molecular complexity index is 1210. The fourth-order valence-electron chi connectivity index (χ4n) is 7.46. The molecule has 0 saturated carbocycles.